The van der Waals surface area contributed by atoms with E-state index in [4.69, 9.17) is 15.2 Å². The van der Waals surface area contributed by atoms with Crippen LogP contribution in [-0.2, 0) is 9.47 Å². The standard InChI is InChI=1S/C11H15BrFNO2/c1-15-11(16-2)6-10(14)8-5-7(12)3-4-9(8)13/h3-5,10-11H,6,14H2,1-2H3. The Kier molecular flexibility index (Phi) is 5.34. The minimum atomic E-state index is -0.456. The van der Waals surface area contributed by atoms with Gasteiger partial charge in [0.25, 0.3) is 0 Å². The van der Waals surface area contributed by atoms with Crippen LogP contribution in [0.1, 0.15) is 18.0 Å². The van der Waals surface area contributed by atoms with Crippen molar-refractivity contribution in [2.75, 3.05) is 14.2 Å². The Hall–Kier alpha value is -0.490. The molecule has 0 heterocycles. The zero-order chi connectivity index (χ0) is 12.1. The lowest BCUT2D eigenvalue weighted by molar-refractivity contribution is -0.109. The second-order valence-electron chi connectivity index (χ2n) is 3.41. The lowest BCUT2D eigenvalue weighted by Gasteiger charge is -2.19. The number of nitrogens with two attached hydrogens (primary N) is 1. The number of halogens is 2. The van der Waals surface area contributed by atoms with E-state index in [0.29, 0.717) is 12.0 Å². The first-order valence-electron chi connectivity index (χ1n) is 4.84. The first-order chi connectivity index (χ1) is 7.58. The van der Waals surface area contributed by atoms with Gasteiger partial charge in [-0.05, 0) is 18.2 Å². The largest absolute Gasteiger partial charge is 0.356 e. The summed E-state index contributed by atoms with van der Waals surface area (Å²) in [5, 5.41) is 0. The number of hydrogen-bond donors (Lipinski definition) is 1. The molecule has 90 valence electrons. The second-order valence-corrected chi connectivity index (χ2v) is 4.32. The molecular weight excluding hydrogens is 277 g/mol. The van der Waals surface area contributed by atoms with Gasteiger partial charge >= 0.3 is 0 Å². The number of methoxy groups -OCH3 is 2. The highest BCUT2D eigenvalue weighted by Crippen LogP contribution is 2.23. The predicted octanol–water partition coefficient (Wildman–Crippen LogP) is 2.60. The lowest BCUT2D eigenvalue weighted by Crippen LogP contribution is -2.22. The normalized spacial score (nSPS) is 13.1. The molecule has 1 aromatic rings. The molecular formula is C11H15BrFNO2. The van der Waals surface area contributed by atoms with Crippen LogP contribution in [0.4, 0.5) is 4.39 Å². The molecule has 0 spiro atoms. The van der Waals surface area contributed by atoms with Crippen LogP contribution in [0.3, 0.4) is 0 Å². The summed E-state index contributed by atoms with van der Waals surface area (Å²) in [6.07, 6.45) is -0.0196. The molecule has 0 fully saturated rings. The topological polar surface area (TPSA) is 44.5 Å². The molecule has 0 saturated heterocycles. The first kappa shape index (κ1) is 13.6. The molecule has 0 amide bonds. The van der Waals surface area contributed by atoms with Crippen molar-refractivity contribution in [1.29, 1.82) is 0 Å². The molecule has 0 aliphatic heterocycles. The Balaban J connectivity index is 2.79. The van der Waals surface area contributed by atoms with E-state index in [1.165, 1.54) is 20.3 Å². The molecule has 1 atom stereocenters. The maximum Gasteiger partial charge on any atom is 0.158 e. The summed E-state index contributed by atoms with van der Waals surface area (Å²) < 4.78 is 24.3. The Labute approximate surface area is 103 Å². The third-order valence-electron chi connectivity index (χ3n) is 2.33. The summed E-state index contributed by atoms with van der Waals surface area (Å²) >= 11 is 3.28. The van der Waals surface area contributed by atoms with Gasteiger partial charge in [-0.25, -0.2) is 4.39 Å². The molecule has 1 unspecified atom stereocenters. The molecule has 0 aromatic heterocycles. The van der Waals surface area contributed by atoms with Crippen molar-refractivity contribution >= 4 is 15.9 Å². The van der Waals surface area contributed by atoms with E-state index in [-0.39, 0.29) is 5.82 Å². The molecule has 5 heteroatoms. The molecule has 1 rings (SSSR count). The van der Waals surface area contributed by atoms with Gasteiger partial charge in [-0.3, -0.25) is 0 Å². The van der Waals surface area contributed by atoms with Crippen LogP contribution in [-0.4, -0.2) is 20.5 Å². The molecule has 0 radical (unpaired) electrons. The quantitative estimate of drug-likeness (QED) is 0.848. The molecule has 1 aromatic carbocycles. The van der Waals surface area contributed by atoms with Crippen LogP contribution in [0, 0.1) is 5.82 Å². The fourth-order valence-corrected chi connectivity index (χ4v) is 1.80. The highest BCUT2D eigenvalue weighted by molar-refractivity contribution is 9.10. The first-order valence-corrected chi connectivity index (χ1v) is 5.64. The monoisotopic (exact) mass is 291 g/mol. The van der Waals surface area contributed by atoms with Gasteiger partial charge in [-0.15, -0.1) is 0 Å². The van der Waals surface area contributed by atoms with Gasteiger partial charge in [0, 0.05) is 36.7 Å². The summed E-state index contributed by atoms with van der Waals surface area (Å²) in [7, 11) is 3.05. The van der Waals surface area contributed by atoms with Crippen LogP contribution in [0.2, 0.25) is 0 Å². The van der Waals surface area contributed by atoms with E-state index in [0.717, 1.165) is 4.47 Å². The highest BCUT2D eigenvalue weighted by Gasteiger charge is 2.17. The van der Waals surface area contributed by atoms with Gasteiger partial charge in [0.1, 0.15) is 5.82 Å². The minimum absolute atomic E-state index is 0.318. The van der Waals surface area contributed by atoms with Crippen molar-refractivity contribution in [3.8, 4) is 0 Å². The Morgan fingerprint density at radius 2 is 2.00 bits per heavy atom. The lowest BCUT2D eigenvalue weighted by atomic mass is 10.0. The summed E-state index contributed by atoms with van der Waals surface area (Å²) in [6, 6.07) is 4.23. The van der Waals surface area contributed by atoms with Crippen molar-refractivity contribution in [2.45, 2.75) is 18.8 Å². The highest BCUT2D eigenvalue weighted by atomic mass is 79.9. The van der Waals surface area contributed by atoms with Crippen molar-refractivity contribution in [2.24, 2.45) is 5.73 Å². The van der Waals surface area contributed by atoms with Crippen LogP contribution in [0.15, 0.2) is 22.7 Å². The Morgan fingerprint density at radius 3 is 2.56 bits per heavy atom. The summed E-state index contributed by atoms with van der Waals surface area (Å²) in [6.45, 7) is 0. The summed E-state index contributed by atoms with van der Waals surface area (Å²) in [5.74, 6) is -0.318. The molecule has 3 nitrogen and oxygen atoms in total. The average molecular weight is 292 g/mol. The number of ether oxygens (including phenoxy) is 2. The summed E-state index contributed by atoms with van der Waals surface area (Å²) in [5.41, 5.74) is 6.35. The fraction of sp³-hybridized carbons (Fsp3) is 0.455. The smallest absolute Gasteiger partial charge is 0.158 e. The van der Waals surface area contributed by atoms with Gasteiger partial charge in [-0.1, -0.05) is 15.9 Å². The van der Waals surface area contributed by atoms with Crippen LogP contribution < -0.4 is 5.73 Å². The molecule has 16 heavy (non-hydrogen) atoms. The Bertz CT molecular complexity index is 345. The molecule has 0 bridgehead atoms. The van der Waals surface area contributed by atoms with Gasteiger partial charge in [0.05, 0.1) is 0 Å². The zero-order valence-electron chi connectivity index (χ0n) is 9.24. The number of rotatable bonds is 5. The summed E-state index contributed by atoms with van der Waals surface area (Å²) in [4.78, 5) is 0. The van der Waals surface area contributed by atoms with E-state index in [1.807, 2.05) is 0 Å². The van der Waals surface area contributed by atoms with Gasteiger partial charge < -0.3 is 15.2 Å². The predicted molar refractivity (Wildman–Crippen MR) is 63.5 cm³/mol. The van der Waals surface area contributed by atoms with E-state index in [1.54, 1.807) is 12.1 Å². The van der Waals surface area contributed by atoms with E-state index >= 15 is 0 Å². The Morgan fingerprint density at radius 1 is 1.38 bits per heavy atom. The van der Waals surface area contributed by atoms with Crippen molar-refractivity contribution < 1.29 is 13.9 Å². The van der Waals surface area contributed by atoms with E-state index in [9.17, 15) is 4.39 Å². The third kappa shape index (κ3) is 3.52. The van der Waals surface area contributed by atoms with E-state index < -0.39 is 12.3 Å². The van der Waals surface area contributed by atoms with Crippen LogP contribution >= 0.6 is 15.9 Å². The molecule has 0 aliphatic carbocycles. The maximum absolute atomic E-state index is 13.5. The molecule has 2 N–H and O–H groups in total. The number of benzene rings is 1. The van der Waals surface area contributed by atoms with Crippen LogP contribution in [0.25, 0.3) is 0 Å². The van der Waals surface area contributed by atoms with Crippen molar-refractivity contribution in [3.05, 3.63) is 34.1 Å². The van der Waals surface area contributed by atoms with Gasteiger partial charge in [-0.2, -0.15) is 0 Å². The minimum Gasteiger partial charge on any atom is -0.356 e. The van der Waals surface area contributed by atoms with Crippen molar-refractivity contribution in [3.63, 3.8) is 0 Å². The number of hydrogen-bond acceptors (Lipinski definition) is 3. The van der Waals surface area contributed by atoms with Gasteiger partial charge in [0.15, 0.2) is 6.29 Å². The fourth-order valence-electron chi connectivity index (χ4n) is 1.42. The zero-order valence-corrected chi connectivity index (χ0v) is 10.8. The maximum atomic E-state index is 13.5. The van der Waals surface area contributed by atoms with Crippen LogP contribution in [0.5, 0.6) is 0 Å². The van der Waals surface area contributed by atoms with Gasteiger partial charge in [0.2, 0.25) is 0 Å². The third-order valence-corrected chi connectivity index (χ3v) is 2.82. The molecule has 0 saturated carbocycles. The van der Waals surface area contributed by atoms with Crippen molar-refractivity contribution in [1.82, 2.24) is 0 Å². The SMILES string of the molecule is COC(CC(N)c1cc(Br)ccc1F)OC. The second kappa shape index (κ2) is 6.30. The average Bonchev–Trinajstić information content (AvgIpc) is 2.28. The van der Waals surface area contributed by atoms with E-state index in [2.05, 4.69) is 15.9 Å². The molecule has 0 aliphatic rings.